The van der Waals surface area contributed by atoms with Crippen LogP contribution in [0.3, 0.4) is 0 Å². The summed E-state index contributed by atoms with van der Waals surface area (Å²) in [6.07, 6.45) is 3.35. The molecule has 1 aliphatic heterocycles. The monoisotopic (exact) mass is 344 g/mol. The number of aromatic nitrogens is 1. The van der Waals surface area contributed by atoms with E-state index in [2.05, 4.69) is 10.3 Å². The molecule has 0 aliphatic carbocycles. The predicted molar refractivity (Wildman–Crippen MR) is 92.0 cm³/mol. The lowest BCUT2D eigenvalue weighted by Crippen LogP contribution is -2.43. The number of carbonyl (C=O) groups excluding carboxylic acids is 1. The van der Waals surface area contributed by atoms with Crippen molar-refractivity contribution in [3.8, 4) is 5.75 Å². The molecule has 1 N–H and O–H groups in total. The Labute approximate surface area is 146 Å². The average molecular weight is 344 g/mol. The molecule has 2 aromatic rings. The lowest BCUT2D eigenvalue weighted by molar-refractivity contribution is -0.131. The van der Waals surface area contributed by atoms with Gasteiger partial charge in [-0.25, -0.2) is 9.37 Å². The fourth-order valence-corrected chi connectivity index (χ4v) is 3.09. The number of pyridine rings is 1. The standard InChI is InChI=1S/C19H21FN2O3/c1-24-16-6-9-21-17(12-16)22-18(23)19(7-10-25-11-8-19)13-14-2-4-15(20)5-3-14/h2-6,9,12H,7-8,10-11,13H2,1H3,(H,21,22,23). The number of hydrogen-bond acceptors (Lipinski definition) is 4. The van der Waals surface area contributed by atoms with Gasteiger partial charge < -0.3 is 14.8 Å². The third-order valence-electron chi connectivity index (χ3n) is 4.60. The van der Waals surface area contributed by atoms with Crippen LogP contribution in [0.5, 0.6) is 5.75 Å². The predicted octanol–water partition coefficient (Wildman–Crippen LogP) is 3.21. The number of nitrogens with zero attached hydrogens (tertiary/aromatic N) is 1. The fraction of sp³-hybridized carbons (Fsp3) is 0.368. The zero-order valence-electron chi connectivity index (χ0n) is 14.1. The average Bonchev–Trinajstić information content (AvgIpc) is 2.64. The second-order valence-corrected chi connectivity index (χ2v) is 6.23. The Kier molecular flexibility index (Phi) is 5.28. The second-order valence-electron chi connectivity index (χ2n) is 6.23. The first-order valence-corrected chi connectivity index (χ1v) is 8.25. The maximum Gasteiger partial charge on any atom is 0.232 e. The summed E-state index contributed by atoms with van der Waals surface area (Å²) in [7, 11) is 1.56. The van der Waals surface area contributed by atoms with Crippen molar-refractivity contribution in [2.75, 3.05) is 25.6 Å². The number of methoxy groups -OCH3 is 1. The molecule has 5 nitrogen and oxygen atoms in total. The van der Waals surface area contributed by atoms with Gasteiger partial charge in [0.2, 0.25) is 5.91 Å². The second kappa shape index (κ2) is 7.61. The van der Waals surface area contributed by atoms with Crippen molar-refractivity contribution >= 4 is 11.7 Å². The highest BCUT2D eigenvalue weighted by molar-refractivity contribution is 5.95. The number of hydrogen-bond donors (Lipinski definition) is 1. The molecular weight excluding hydrogens is 323 g/mol. The summed E-state index contributed by atoms with van der Waals surface area (Å²) < 4.78 is 23.8. The highest BCUT2D eigenvalue weighted by Gasteiger charge is 2.40. The van der Waals surface area contributed by atoms with Gasteiger partial charge in [-0.3, -0.25) is 4.79 Å². The van der Waals surface area contributed by atoms with Crippen molar-refractivity contribution in [2.24, 2.45) is 5.41 Å². The molecule has 0 radical (unpaired) electrons. The Hall–Kier alpha value is -2.47. The third kappa shape index (κ3) is 4.14. The van der Waals surface area contributed by atoms with Gasteiger partial charge in [-0.05, 0) is 43.0 Å². The van der Waals surface area contributed by atoms with E-state index in [0.29, 0.717) is 44.0 Å². The van der Waals surface area contributed by atoms with E-state index in [4.69, 9.17) is 9.47 Å². The summed E-state index contributed by atoms with van der Waals surface area (Å²) in [5, 5.41) is 2.90. The van der Waals surface area contributed by atoms with Crippen LogP contribution in [0.15, 0.2) is 42.6 Å². The van der Waals surface area contributed by atoms with Crippen LogP contribution in [0.4, 0.5) is 10.2 Å². The number of rotatable bonds is 5. The topological polar surface area (TPSA) is 60.5 Å². The van der Waals surface area contributed by atoms with Gasteiger partial charge in [0, 0.05) is 25.5 Å². The summed E-state index contributed by atoms with van der Waals surface area (Å²) in [4.78, 5) is 17.2. The van der Waals surface area contributed by atoms with Gasteiger partial charge in [0.25, 0.3) is 0 Å². The molecule has 1 aliphatic rings. The number of carbonyl (C=O) groups is 1. The smallest absolute Gasteiger partial charge is 0.232 e. The quantitative estimate of drug-likeness (QED) is 0.905. The third-order valence-corrected chi connectivity index (χ3v) is 4.60. The molecule has 1 saturated heterocycles. The SMILES string of the molecule is COc1ccnc(NC(=O)C2(Cc3ccc(F)cc3)CCOCC2)c1. The van der Waals surface area contributed by atoms with E-state index in [0.717, 1.165) is 5.56 Å². The Morgan fingerprint density at radius 1 is 1.28 bits per heavy atom. The van der Waals surface area contributed by atoms with Crippen molar-refractivity contribution in [1.82, 2.24) is 4.98 Å². The Morgan fingerprint density at radius 3 is 2.68 bits per heavy atom. The summed E-state index contributed by atoms with van der Waals surface area (Å²) in [6, 6.07) is 9.70. The number of anilines is 1. The van der Waals surface area contributed by atoms with Gasteiger partial charge in [-0.2, -0.15) is 0 Å². The zero-order valence-corrected chi connectivity index (χ0v) is 14.1. The lowest BCUT2D eigenvalue weighted by atomic mass is 9.74. The zero-order chi connectivity index (χ0) is 17.7. The van der Waals surface area contributed by atoms with Crippen LogP contribution in [0.2, 0.25) is 0 Å². The Morgan fingerprint density at radius 2 is 2.00 bits per heavy atom. The van der Waals surface area contributed by atoms with Gasteiger partial charge in [0.15, 0.2) is 0 Å². The van der Waals surface area contributed by atoms with Crippen molar-refractivity contribution in [1.29, 1.82) is 0 Å². The van der Waals surface area contributed by atoms with Crippen LogP contribution in [-0.4, -0.2) is 31.2 Å². The Balaban J connectivity index is 1.81. The summed E-state index contributed by atoms with van der Waals surface area (Å²) >= 11 is 0. The number of halogens is 1. The van der Waals surface area contributed by atoms with E-state index >= 15 is 0 Å². The number of amides is 1. The highest BCUT2D eigenvalue weighted by Crippen LogP contribution is 2.36. The maximum atomic E-state index is 13.2. The van der Waals surface area contributed by atoms with Gasteiger partial charge in [-0.15, -0.1) is 0 Å². The molecule has 0 saturated carbocycles. The van der Waals surface area contributed by atoms with Crippen molar-refractivity contribution < 1.29 is 18.7 Å². The summed E-state index contributed by atoms with van der Waals surface area (Å²) in [5.41, 5.74) is 0.331. The molecule has 6 heteroatoms. The first-order chi connectivity index (χ1) is 12.1. The Bertz CT molecular complexity index is 728. The minimum Gasteiger partial charge on any atom is -0.497 e. The molecule has 0 spiro atoms. The van der Waals surface area contributed by atoms with E-state index in [-0.39, 0.29) is 11.7 Å². The van der Waals surface area contributed by atoms with E-state index in [1.54, 1.807) is 37.6 Å². The van der Waals surface area contributed by atoms with Gasteiger partial charge in [-0.1, -0.05) is 12.1 Å². The molecule has 1 amide bonds. The number of nitrogens with one attached hydrogen (secondary N) is 1. The molecule has 1 aromatic heterocycles. The van der Waals surface area contributed by atoms with Crippen LogP contribution in [0.1, 0.15) is 18.4 Å². The first-order valence-electron chi connectivity index (χ1n) is 8.25. The van der Waals surface area contributed by atoms with E-state index in [9.17, 15) is 9.18 Å². The van der Waals surface area contributed by atoms with Crippen molar-refractivity contribution in [2.45, 2.75) is 19.3 Å². The van der Waals surface area contributed by atoms with Crippen LogP contribution >= 0.6 is 0 Å². The minimum atomic E-state index is -0.596. The number of benzene rings is 1. The molecule has 1 aromatic carbocycles. The van der Waals surface area contributed by atoms with Crippen LogP contribution in [0, 0.1) is 11.2 Å². The highest BCUT2D eigenvalue weighted by atomic mass is 19.1. The number of ether oxygens (including phenoxy) is 2. The minimum absolute atomic E-state index is 0.0964. The van der Waals surface area contributed by atoms with E-state index < -0.39 is 5.41 Å². The molecular formula is C19H21FN2O3. The molecule has 1 fully saturated rings. The molecule has 2 heterocycles. The van der Waals surface area contributed by atoms with E-state index in [1.807, 2.05) is 0 Å². The van der Waals surface area contributed by atoms with Crippen LogP contribution in [0.25, 0.3) is 0 Å². The largest absolute Gasteiger partial charge is 0.497 e. The van der Waals surface area contributed by atoms with Gasteiger partial charge >= 0.3 is 0 Å². The summed E-state index contributed by atoms with van der Waals surface area (Å²) in [6.45, 7) is 1.06. The van der Waals surface area contributed by atoms with Gasteiger partial charge in [0.05, 0.1) is 12.5 Å². The lowest BCUT2D eigenvalue weighted by Gasteiger charge is -2.35. The van der Waals surface area contributed by atoms with Gasteiger partial charge in [0.1, 0.15) is 17.4 Å². The molecule has 0 unspecified atom stereocenters. The molecule has 0 atom stereocenters. The van der Waals surface area contributed by atoms with E-state index in [1.165, 1.54) is 12.1 Å². The fourth-order valence-electron chi connectivity index (χ4n) is 3.09. The molecule has 25 heavy (non-hydrogen) atoms. The van der Waals surface area contributed by atoms with Crippen LogP contribution < -0.4 is 10.1 Å². The first kappa shape index (κ1) is 17.4. The van der Waals surface area contributed by atoms with Crippen LogP contribution in [-0.2, 0) is 16.0 Å². The molecule has 132 valence electrons. The van der Waals surface area contributed by atoms with Crippen molar-refractivity contribution in [3.63, 3.8) is 0 Å². The normalized spacial score (nSPS) is 16.2. The van der Waals surface area contributed by atoms with Crippen molar-refractivity contribution in [3.05, 3.63) is 54.0 Å². The summed E-state index contributed by atoms with van der Waals surface area (Å²) in [5.74, 6) is 0.704. The molecule has 0 bridgehead atoms. The molecule has 3 rings (SSSR count). The maximum absolute atomic E-state index is 13.2.